The molecule has 16 heteroatoms. The van der Waals surface area contributed by atoms with Gasteiger partial charge < -0.3 is 24.8 Å². The summed E-state index contributed by atoms with van der Waals surface area (Å²) in [6, 6.07) is 4.07. The van der Waals surface area contributed by atoms with Gasteiger partial charge in [0.2, 0.25) is 0 Å². The van der Waals surface area contributed by atoms with Crippen molar-refractivity contribution in [2.45, 2.75) is 24.5 Å². The number of aromatic nitrogens is 1. The van der Waals surface area contributed by atoms with E-state index in [9.17, 15) is 31.4 Å². The summed E-state index contributed by atoms with van der Waals surface area (Å²) in [5.41, 5.74) is 0.925. The predicted octanol–water partition coefficient (Wildman–Crippen LogP) is 1.24. The maximum absolute atomic E-state index is 10.6. The number of aliphatic hydroxyl groups excluding tert-OH is 1. The van der Waals surface area contributed by atoms with E-state index in [-0.39, 0.29) is 12.2 Å². The van der Waals surface area contributed by atoms with Gasteiger partial charge in [-0.3, -0.25) is 14.8 Å². The first-order valence-corrected chi connectivity index (χ1v) is 10.4. The number of nitrogens with zero attached hydrogens (tertiary/aromatic N) is 3. The van der Waals surface area contributed by atoms with E-state index in [1.807, 2.05) is 12.3 Å². The molecular formula is C20H27F6N3O7. The van der Waals surface area contributed by atoms with Gasteiger partial charge in [0.1, 0.15) is 5.60 Å². The molecule has 10 nitrogen and oxygen atoms in total. The molecular weight excluding hydrogens is 508 g/mol. The van der Waals surface area contributed by atoms with Crippen molar-refractivity contribution >= 4 is 11.9 Å². The van der Waals surface area contributed by atoms with Crippen molar-refractivity contribution in [3.8, 4) is 0 Å². The minimum Gasteiger partial charge on any atom is -0.475 e. The fraction of sp³-hybridized carbons (Fsp3) is 0.650. The number of aliphatic carboxylic acids is 2. The molecule has 1 unspecified atom stereocenters. The summed E-state index contributed by atoms with van der Waals surface area (Å²) in [4.78, 5) is 26.6. The molecule has 2 aliphatic rings. The number of rotatable bonds is 4. The highest BCUT2D eigenvalue weighted by molar-refractivity contribution is 5.73. The van der Waals surface area contributed by atoms with Crippen LogP contribution in [0.25, 0.3) is 0 Å². The Kier molecular flexibility index (Phi) is 12.5. The SMILES string of the molecule is O=C(O)C(F)(F)F.O=C(O)C(F)(F)F.OCCN1CCOC2(COCCN(Cc3cccnc3)C2)C1. The molecule has 0 saturated carbocycles. The third-order valence-corrected chi connectivity index (χ3v) is 4.79. The van der Waals surface area contributed by atoms with Crippen LogP contribution in [-0.2, 0) is 25.6 Å². The molecule has 206 valence electrons. The predicted molar refractivity (Wildman–Crippen MR) is 110 cm³/mol. The summed E-state index contributed by atoms with van der Waals surface area (Å²) < 4.78 is 75.4. The quantitative estimate of drug-likeness (QED) is 0.484. The molecule has 36 heavy (non-hydrogen) atoms. The first kappa shape index (κ1) is 31.5. The number of carboxylic acid groups (broad SMARTS) is 2. The zero-order valence-electron chi connectivity index (χ0n) is 19.0. The summed E-state index contributed by atoms with van der Waals surface area (Å²) in [5, 5.41) is 23.4. The van der Waals surface area contributed by atoms with Crippen LogP contribution in [0.4, 0.5) is 26.3 Å². The minimum atomic E-state index is -5.08. The molecule has 0 aliphatic carbocycles. The van der Waals surface area contributed by atoms with Crippen LogP contribution in [0.15, 0.2) is 24.5 Å². The third kappa shape index (κ3) is 11.9. The van der Waals surface area contributed by atoms with E-state index in [0.717, 1.165) is 39.3 Å². The van der Waals surface area contributed by atoms with E-state index in [2.05, 4.69) is 20.9 Å². The molecule has 2 saturated heterocycles. The van der Waals surface area contributed by atoms with Crippen LogP contribution in [0.5, 0.6) is 0 Å². The average Bonchev–Trinajstić information content (AvgIpc) is 2.96. The van der Waals surface area contributed by atoms with E-state index in [4.69, 9.17) is 29.3 Å². The monoisotopic (exact) mass is 535 g/mol. The van der Waals surface area contributed by atoms with Gasteiger partial charge in [0.25, 0.3) is 0 Å². The van der Waals surface area contributed by atoms with Gasteiger partial charge in [0.05, 0.1) is 26.4 Å². The molecule has 2 fully saturated rings. The maximum Gasteiger partial charge on any atom is 0.490 e. The zero-order valence-corrected chi connectivity index (χ0v) is 19.0. The van der Waals surface area contributed by atoms with E-state index >= 15 is 0 Å². The van der Waals surface area contributed by atoms with Gasteiger partial charge in [-0.25, -0.2) is 9.59 Å². The molecule has 0 radical (unpaired) electrons. The summed E-state index contributed by atoms with van der Waals surface area (Å²) in [6.07, 6.45) is -6.45. The second-order valence-electron chi connectivity index (χ2n) is 7.76. The number of aliphatic hydroxyl groups is 1. The Morgan fingerprint density at radius 2 is 1.56 bits per heavy atom. The fourth-order valence-corrected chi connectivity index (χ4v) is 3.31. The lowest BCUT2D eigenvalue weighted by Gasteiger charge is -2.43. The largest absolute Gasteiger partial charge is 0.490 e. The van der Waals surface area contributed by atoms with Crippen LogP contribution in [0.1, 0.15) is 5.56 Å². The molecule has 1 aromatic rings. The molecule has 3 rings (SSSR count). The van der Waals surface area contributed by atoms with E-state index < -0.39 is 24.3 Å². The third-order valence-electron chi connectivity index (χ3n) is 4.79. The number of carboxylic acids is 2. The average molecular weight is 535 g/mol. The number of morpholine rings is 1. The van der Waals surface area contributed by atoms with Gasteiger partial charge in [-0.05, 0) is 11.6 Å². The van der Waals surface area contributed by atoms with Crippen molar-refractivity contribution in [2.75, 3.05) is 59.2 Å². The number of hydrogen-bond donors (Lipinski definition) is 3. The van der Waals surface area contributed by atoms with Crippen LogP contribution in [-0.4, -0.2) is 119 Å². The molecule has 1 aromatic heterocycles. The highest BCUT2D eigenvalue weighted by Crippen LogP contribution is 2.23. The Morgan fingerprint density at radius 3 is 2.06 bits per heavy atom. The van der Waals surface area contributed by atoms with Crippen LogP contribution in [0.2, 0.25) is 0 Å². The summed E-state index contributed by atoms with van der Waals surface area (Å²) in [5.74, 6) is -5.51. The summed E-state index contributed by atoms with van der Waals surface area (Å²) >= 11 is 0. The Hall–Kier alpha value is -2.53. The summed E-state index contributed by atoms with van der Waals surface area (Å²) in [7, 11) is 0. The van der Waals surface area contributed by atoms with Crippen molar-refractivity contribution in [1.29, 1.82) is 0 Å². The molecule has 3 N–H and O–H groups in total. The number of carbonyl (C=O) groups is 2. The lowest BCUT2D eigenvalue weighted by Crippen LogP contribution is -2.58. The second kappa shape index (κ2) is 14.3. The van der Waals surface area contributed by atoms with Gasteiger partial charge in [0, 0.05) is 51.7 Å². The number of β-amino-alcohol motifs (C(OH)–C–C–N with tert-alkyl or cyclic N) is 1. The van der Waals surface area contributed by atoms with Gasteiger partial charge >= 0.3 is 24.3 Å². The van der Waals surface area contributed by atoms with E-state index in [1.54, 1.807) is 6.20 Å². The molecule has 3 heterocycles. The lowest BCUT2D eigenvalue weighted by molar-refractivity contribution is -0.193. The van der Waals surface area contributed by atoms with E-state index in [1.165, 1.54) is 5.56 Å². The molecule has 1 atom stereocenters. The Balaban J connectivity index is 0.000000383. The normalized spacial score (nSPS) is 21.4. The molecule has 0 aromatic carbocycles. The van der Waals surface area contributed by atoms with E-state index in [0.29, 0.717) is 19.8 Å². The number of pyridine rings is 1. The standard InChI is InChI=1S/C16H25N3O3.2C2HF3O2/c20-7-4-18-6-9-22-16(12-18)13-19(5-8-21-14-16)11-15-2-1-3-17-10-15;2*3-2(4,5)1(6)7/h1-3,10,20H,4-9,11-14H2;2*(H,6,7). The zero-order chi connectivity index (χ0) is 27.4. The van der Waals surface area contributed by atoms with Crippen LogP contribution in [0.3, 0.4) is 0 Å². The lowest BCUT2D eigenvalue weighted by atomic mass is 10.0. The summed E-state index contributed by atoms with van der Waals surface area (Å²) in [6.45, 7) is 7.26. The highest BCUT2D eigenvalue weighted by atomic mass is 19.4. The van der Waals surface area contributed by atoms with Crippen molar-refractivity contribution in [2.24, 2.45) is 0 Å². The number of alkyl halides is 6. The molecule has 0 bridgehead atoms. The Bertz CT molecular complexity index is 787. The minimum absolute atomic E-state index is 0.191. The van der Waals surface area contributed by atoms with Gasteiger partial charge in [0.15, 0.2) is 0 Å². The number of halogens is 6. The number of hydrogen-bond acceptors (Lipinski definition) is 8. The maximum atomic E-state index is 10.6. The second-order valence-corrected chi connectivity index (χ2v) is 7.76. The molecule has 2 aliphatic heterocycles. The van der Waals surface area contributed by atoms with Crippen molar-refractivity contribution < 1.29 is 60.7 Å². The van der Waals surface area contributed by atoms with Crippen molar-refractivity contribution in [1.82, 2.24) is 14.8 Å². The van der Waals surface area contributed by atoms with Gasteiger partial charge in [-0.15, -0.1) is 0 Å². The molecule has 1 spiro atoms. The highest BCUT2D eigenvalue weighted by Gasteiger charge is 2.40. The first-order chi connectivity index (χ1) is 16.7. The van der Waals surface area contributed by atoms with Gasteiger partial charge in [-0.1, -0.05) is 6.07 Å². The van der Waals surface area contributed by atoms with Crippen LogP contribution < -0.4 is 0 Å². The topological polar surface area (TPSA) is 133 Å². The first-order valence-electron chi connectivity index (χ1n) is 10.4. The van der Waals surface area contributed by atoms with Crippen LogP contribution >= 0.6 is 0 Å². The van der Waals surface area contributed by atoms with Gasteiger partial charge in [-0.2, -0.15) is 26.3 Å². The van der Waals surface area contributed by atoms with Crippen LogP contribution in [0, 0.1) is 0 Å². The Labute approximate surface area is 202 Å². The van der Waals surface area contributed by atoms with Crippen molar-refractivity contribution in [3.63, 3.8) is 0 Å². The fourth-order valence-electron chi connectivity index (χ4n) is 3.31. The number of ether oxygens (including phenoxy) is 2. The molecule has 0 amide bonds. The Morgan fingerprint density at radius 1 is 1.00 bits per heavy atom. The van der Waals surface area contributed by atoms with Crippen molar-refractivity contribution in [3.05, 3.63) is 30.1 Å². The smallest absolute Gasteiger partial charge is 0.475 e.